The summed E-state index contributed by atoms with van der Waals surface area (Å²) in [7, 11) is 1.67. The Morgan fingerprint density at radius 3 is 2.52 bits per heavy atom. The molecular formula is C22H26N2O6S. The Hall–Kier alpha value is -2.91. The van der Waals surface area contributed by atoms with Gasteiger partial charge in [0.25, 0.3) is 11.3 Å². The minimum Gasteiger partial charge on any atom is -0.480 e. The van der Waals surface area contributed by atoms with Gasteiger partial charge in [-0.05, 0) is 37.1 Å². The highest BCUT2D eigenvalue weighted by atomic mass is 32.2. The van der Waals surface area contributed by atoms with E-state index in [1.807, 2.05) is 31.2 Å². The summed E-state index contributed by atoms with van der Waals surface area (Å²) >= 11 is -2.60. The number of amides is 1. The number of anilines is 1. The van der Waals surface area contributed by atoms with Crippen LogP contribution in [0.15, 0.2) is 46.9 Å². The van der Waals surface area contributed by atoms with Gasteiger partial charge >= 0.3 is 5.97 Å². The Balaban J connectivity index is 1.89. The Morgan fingerprint density at radius 1 is 1.13 bits per heavy atom. The maximum absolute atomic E-state index is 12.4. The van der Waals surface area contributed by atoms with Crippen molar-refractivity contribution in [3.63, 3.8) is 0 Å². The average Bonchev–Trinajstić information content (AvgIpc) is 3.12. The van der Waals surface area contributed by atoms with Crippen LogP contribution in [0.4, 0.5) is 5.69 Å². The van der Waals surface area contributed by atoms with Gasteiger partial charge in [0, 0.05) is 30.8 Å². The summed E-state index contributed by atoms with van der Waals surface area (Å²) in [6, 6.07) is 10.9. The lowest BCUT2D eigenvalue weighted by Gasteiger charge is -2.27. The van der Waals surface area contributed by atoms with Crippen LogP contribution in [-0.4, -0.2) is 50.3 Å². The standard InChI is InChI=1S/C22H26N2O6S/c1-3-4-13-23(2)21(25)12-10-18(22(26)27)24(31(28)29)15-9-11-20-17(14-15)16-7-5-6-8-19(16)30-20/h5-9,11,14,18H,3-4,10,12-13H2,1-2H3,(H,26,27)(H,28,29). The number of benzene rings is 2. The first kappa shape index (κ1) is 22.8. The van der Waals surface area contributed by atoms with Gasteiger partial charge in [-0.2, -0.15) is 0 Å². The predicted molar refractivity (Wildman–Crippen MR) is 120 cm³/mol. The third-order valence-electron chi connectivity index (χ3n) is 5.26. The van der Waals surface area contributed by atoms with E-state index in [9.17, 15) is 23.5 Å². The first-order valence-corrected chi connectivity index (χ1v) is 11.2. The fourth-order valence-corrected chi connectivity index (χ4v) is 4.25. The molecule has 0 aliphatic rings. The SMILES string of the molecule is CCCCN(C)C(=O)CCC(C(=O)O)N(c1ccc2oc3ccccc3c2c1)S(=O)O. The lowest BCUT2D eigenvalue weighted by molar-refractivity contribution is -0.138. The maximum atomic E-state index is 12.4. The second kappa shape index (κ2) is 9.93. The molecule has 2 atom stereocenters. The normalized spacial score (nSPS) is 13.3. The van der Waals surface area contributed by atoms with Crippen molar-refractivity contribution in [2.75, 3.05) is 17.9 Å². The van der Waals surface area contributed by atoms with Crippen molar-refractivity contribution in [1.29, 1.82) is 0 Å². The van der Waals surface area contributed by atoms with Gasteiger partial charge in [-0.1, -0.05) is 31.5 Å². The van der Waals surface area contributed by atoms with Crippen LogP contribution >= 0.6 is 0 Å². The molecular weight excluding hydrogens is 420 g/mol. The molecule has 0 radical (unpaired) electrons. The molecule has 0 fully saturated rings. The van der Waals surface area contributed by atoms with Gasteiger partial charge in [-0.15, -0.1) is 0 Å². The first-order valence-electron chi connectivity index (χ1n) is 10.1. The minimum absolute atomic E-state index is 0.0399. The monoisotopic (exact) mass is 446 g/mol. The molecule has 1 aromatic heterocycles. The largest absolute Gasteiger partial charge is 0.480 e. The maximum Gasteiger partial charge on any atom is 0.327 e. The second-order valence-corrected chi connectivity index (χ2v) is 8.25. The van der Waals surface area contributed by atoms with E-state index in [0.29, 0.717) is 23.1 Å². The molecule has 166 valence electrons. The van der Waals surface area contributed by atoms with Gasteiger partial charge in [0.15, 0.2) is 0 Å². The van der Waals surface area contributed by atoms with Crippen molar-refractivity contribution in [3.8, 4) is 0 Å². The van der Waals surface area contributed by atoms with Crippen LogP contribution in [0.1, 0.15) is 32.6 Å². The quantitative estimate of drug-likeness (QED) is 0.455. The molecule has 9 heteroatoms. The fraction of sp³-hybridized carbons (Fsp3) is 0.364. The van der Waals surface area contributed by atoms with E-state index < -0.39 is 23.3 Å². The van der Waals surface area contributed by atoms with Gasteiger partial charge in [-0.3, -0.25) is 13.7 Å². The van der Waals surface area contributed by atoms with Gasteiger partial charge in [-0.25, -0.2) is 9.00 Å². The van der Waals surface area contributed by atoms with E-state index in [4.69, 9.17) is 4.42 Å². The van der Waals surface area contributed by atoms with Crippen LogP contribution in [0.25, 0.3) is 21.9 Å². The summed E-state index contributed by atoms with van der Waals surface area (Å²) in [5, 5.41) is 11.3. The molecule has 8 nitrogen and oxygen atoms in total. The van der Waals surface area contributed by atoms with Gasteiger partial charge in [0.05, 0.1) is 5.69 Å². The number of hydrogen-bond donors (Lipinski definition) is 2. The molecule has 0 spiro atoms. The summed E-state index contributed by atoms with van der Waals surface area (Å²) < 4.78 is 28.8. The number of rotatable bonds is 10. The number of para-hydroxylation sites is 1. The van der Waals surface area contributed by atoms with Crippen LogP contribution < -0.4 is 4.31 Å². The molecule has 2 aromatic carbocycles. The van der Waals surface area contributed by atoms with Crippen LogP contribution in [0, 0.1) is 0 Å². The zero-order valence-corrected chi connectivity index (χ0v) is 18.3. The van der Waals surface area contributed by atoms with Crippen molar-refractivity contribution in [2.24, 2.45) is 0 Å². The molecule has 2 unspecified atom stereocenters. The van der Waals surface area contributed by atoms with Crippen molar-refractivity contribution >= 4 is 50.8 Å². The van der Waals surface area contributed by atoms with E-state index in [-0.39, 0.29) is 24.4 Å². The highest BCUT2D eigenvalue weighted by Gasteiger charge is 2.31. The number of carboxylic acids is 1. The number of aliphatic carboxylic acids is 1. The molecule has 0 saturated carbocycles. The number of carbonyl (C=O) groups is 2. The minimum atomic E-state index is -2.60. The Morgan fingerprint density at radius 2 is 1.84 bits per heavy atom. The summed E-state index contributed by atoms with van der Waals surface area (Å²) in [4.78, 5) is 25.9. The molecule has 0 aliphatic carbocycles. The lowest BCUT2D eigenvalue weighted by Crippen LogP contribution is -2.43. The van der Waals surface area contributed by atoms with Crippen LogP contribution in [-0.2, 0) is 20.9 Å². The van der Waals surface area contributed by atoms with E-state index in [1.54, 1.807) is 30.1 Å². The highest BCUT2D eigenvalue weighted by molar-refractivity contribution is 7.80. The number of carboxylic acid groups (broad SMARTS) is 1. The second-order valence-electron chi connectivity index (χ2n) is 7.40. The predicted octanol–water partition coefficient (Wildman–Crippen LogP) is 4.02. The summed E-state index contributed by atoms with van der Waals surface area (Å²) in [6.07, 6.45) is 1.66. The first-order chi connectivity index (χ1) is 14.8. The molecule has 3 aromatic rings. The smallest absolute Gasteiger partial charge is 0.327 e. The molecule has 2 N–H and O–H groups in total. The summed E-state index contributed by atoms with van der Waals surface area (Å²) in [6.45, 7) is 2.61. The average molecular weight is 447 g/mol. The van der Waals surface area contributed by atoms with Crippen molar-refractivity contribution < 1.29 is 27.9 Å². The van der Waals surface area contributed by atoms with Crippen LogP contribution in [0.5, 0.6) is 0 Å². The Kier molecular flexibility index (Phi) is 7.29. The van der Waals surface area contributed by atoms with E-state index in [1.165, 1.54) is 0 Å². The molecule has 1 heterocycles. The molecule has 0 bridgehead atoms. The van der Waals surface area contributed by atoms with E-state index in [0.717, 1.165) is 22.5 Å². The lowest BCUT2D eigenvalue weighted by atomic mass is 10.1. The third-order valence-corrected chi connectivity index (χ3v) is 6.06. The Labute approximate surface area is 182 Å². The third kappa shape index (κ3) is 5.05. The summed E-state index contributed by atoms with van der Waals surface area (Å²) in [5.74, 6) is -1.47. The molecule has 0 aliphatic heterocycles. The van der Waals surface area contributed by atoms with Gasteiger partial charge < -0.3 is 14.4 Å². The Bertz CT molecular complexity index is 1110. The van der Waals surface area contributed by atoms with E-state index >= 15 is 0 Å². The zero-order valence-electron chi connectivity index (χ0n) is 17.5. The fourth-order valence-electron chi connectivity index (χ4n) is 3.54. The van der Waals surface area contributed by atoms with Gasteiger partial charge in [0.1, 0.15) is 17.2 Å². The molecule has 1 amide bonds. The van der Waals surface area contributed by atoms with Crippen molar-refractivity contribution in [3.05, 3.63) is 42.5 Å². The molecule has 3 rings (SSSR count). The highest BCUT2D eigenvalue weighted by Crippen LogP contribution is 2.33. The number of unbranched alkanes of at least 4 members (excludes halogenated alkanes) is 1. The molecule has 31 heavy (non-hydrogen) atoms. The zero-order chi connectivity index (χ0) is 22.5. The summed E-state index contributed by atoms with van der Waals surface area (Å²) in [5.41, 5.74) is 1.52. The molecule has 0 saturated heterocycles. The van der Waals surface area contributed by atoms with Crippen molar-refractivity contribution in [1.82, 2.24) is 4.90 Å². The number of furan rings is 1. The van der Waals surface area contributed by atoms with Gasteiger partial charge in [0.2, 0.25) is 5.91 Å². The van der Waals surface area contributed by atoms with Crippen LogP contribution in [0.3, 0.4) is 0 Å². The van der Waals surface area contributed by atoms with E-state index in [2.05, 4.69) is 0 Å². The number of nitrogens with zero attached hydrogens (tertiary/aromatic N) is 2. The van der Waals surface area contributed by atoms with Crippen LogP contribution in [0.2, 0.25) is 0 Å². The number of fused-ring (bicyclic) bond motifs is 3. The number of hydrogen-bond acceptors (Lipinski definition) is 4. The number of carbonyl (C=O) groups excluding carboxylic acids is 1. The topological polar surface area (TPSA) is 111 Å². The van der Waals surface area contributed by atoms with Crippen molar-refractivity contribution in [2.45, 2.75) is 38.6 Å².